The largest absolute Gasteiger partial charge is 0.481 e. The van der Waals surface area contributed by atoms with Crippen LogP contribution in [0.2, 0.25) is 0 Å². The topological polar surface area (TPSA) is 94.9 Å². The van der Waals surface area contributed by atoms with Crippen molar-refractivity contribution >= 4 is 29.6 Å². The van der Waals surface area contributed by atoms with Crippen molar-refractivity contribution in [3.63, 3.8) is 0 Å². The molecule has 0 aromatic heterocycles. The average molecular weight is 385 g/mol. The SMILES string of the molecule is O=C(O)C[C@H]1[C@@H](Sc2ccccc2)CN(C(=O)c2ccccc2)[C@@H]1C(=O)O. The van der Waals surface area contributed by atoms with Gasteiger partial charge in [-0.1, -0.05) is 36.4 Å². The molecule has 1 aliphatic rings. The molecule has 0 unspecified atom stereocenters. The van der Waals surface area contributed by atoms with E-state index in [1.807, 2.05) is 30.3 Å². The fourth-order valence-corrected chi connectivity index (χ4v) is 4.71. The summed E-state index contributed by atoms with van der Waals surface area (Å²) < 4.78 is 0. The van der Waals surface area contributed by atoms with E-state index in [2.05, 4.69) is 0 Å². The molecule has 1 aliphatic heterocycles. The van der Waals surface area contributed by atoms with Gasteiger partial charge in [0.05, 0.1) is 6.42 Å². The van der Waals surface area contributed by atoms with Gasteiger partial charge in [-0.2, -0.15) is 0 Å². The van der Waals surface area contributed by atoms with Crippen molar-refractivity contribution in [1.82, 2.24) is 4.90 Å². The quantitative estimate of drug-likeness (QED) is 0.794. The van der Waals surface area contributed by atoms with E-state index in [0.717, 1.165) is 4.90 Å². The lowest BCUT2D eigenvalue weighted by atomic mass is 9.96. The maximum atomic E-state index is 12.9. The number of rotatable bonds is 6. The van der Waals surface area contributed by atoms with Crippen LogP contribution in [0.15, 0.2) is 65.6 Å². The maximum Gasteiger partial charge on any atom is 0.326 e. The minimum atomic E-state index is -1.18. The van der Waals surface area contributed by atoms with Gasteiger partial charge >= 0.3 is 11.9 Å². The van der Waals surface area contributed by atoms with Gasteiger partial charge < -0.3 is 15.1 Å². The van der Waals surface area contributed by atoms with E-state index in [4.69, 9.17) is 0 Å². The Morgan fingerprint density at radius 1 is 0.963 bits per heavy atom. The number of carboxylic acid groups (broad SMARTS) is 2. The van der Waals surface area contributed by atoms with Gasteiger partial charge in [-0.3, -0.25) is 9.59 Å². The van der Waals surface area contributed by atoms with Gasteiger partial charge in [0.1, 0.15) is 6.04 Å². The molecule has 0 saturated carbocycles. The van der Waals surface area contributed by atoms with Crippen molar-refractivity contribution in [2.75, 3.05) is 6.54 Å². The van der Waals surface area contributed by atoms with Gasteiger partial charge in [0.2, 0.25) is 0 Å². The summed E-state index contributed by atoms with van der Waals surface area (Å²) in [7, 11) is 0. The van der Waals surface area contributed by atoms with Gasteiger partial charge in [0.25, 0.3) is 5.91 Å². The first-order valence-corrected chi connectivity index (χ1v) is 9.37. The molecule has 0 aliphatic carbocycles. The second kappa shape index (κ2) is 8.26. The minimum Gasteiger partial charge on any atom is -0.481 e. The minimum absolute atomic E-state index is 0.183. The van der Waals surface area contributed by atoms with Gasteiger partial charge in [-0.15, -0.1) is 11.8 Å². The molecule has 2 aromatic rings. The second-order valence-corrected chi connectivity index (χ2v) is 7.65. The predicted molar refractivity (Wildman–Crippen MR) is 101 cm³/mol. The Morgan fingerprint density at radius 2 is 1.56 bits per heavy atom. The Kier molecular flexibility index (Phi) is 5.81. The summed E-state index contributed by atoms with van der Waals surface area (Å²) in [4.78, 5) is 38.4. The van der Waals surface area contributed by atoms with E-state index in [0.29, 0.717) is 5.56 Å². The number of likely N-dealkylation sites (tertiary alicyclic amines) is 1. The highest BCUT2D eigenvalue weighted by Gasteiger charge is 2.49. The normalized spacial score (nSPS) is 21.8. The summed E-state index contributed by atoms with van der Waals surface area (Å²) in [6, 6.07) is 16.7. The first-order valence-electron chi connectivity index (χ1n) is 8.49. The third-order valence-electron chi connectivity index (χ3n) is 4.57. The summed E-state index contributed by atoms with van der Waals surface area (Å²) in [5.74, 6) is -3.33. The average Bonchev–Trinajstić information content (AvgIpc) is 3.00. The van der Waals surface area contributed by atoms with Crippen LogP contribution in [0.25, 0.3) is 0 Å². The Hall–Kier alpha value is -2.80. The molecule has 0 spiro atoms. The van der Waals surface area contributed by atoms with E-state index in [-0.39, 0.29) is 18.2 Å². The van der Waals surface area contributed by atoms with Crippen molar-refractivity contribution < 1.29 is 24.6 Å². The molecular weight excluding hydrogens is 366 g/mol. The lowest BCUT2D eigenvalue weighted by molar-refractivity contribution is -0.144. The maximum absolute atomic E-state index is 12.9. The van der Waals surface area contributed by atoms with E-state index < -0.39 is 29.8 Å². The van der Waals surface area contributed by atoms with Crippen molar-refractivity contribution in [1.29, 1.82) is 0 Å². The van der Waals surface area contributed by atoms with E-state index in [9.17, 15) is 24.6 Å². The third kappa shape index (κ3) is 4.31. The van der Waals surface area contributed by atoms with E-state index in [1.54, 1.807) is 30.3 Å². The Labute approximate surface area is 160 Å². The van der Waals surface area contributed by atoms with Gasteiger partial charge in [0, 0.05) is 28.2 Å². The third-order valence-corrected chi connectivity index (χ3v) is 5.92. The molecule has 2 N–H and O–H groups in total. The highest BCUT2D eigenvalue weighted by atomic mass is 32.2. The number of hydrogen-bond acceptors (Lipinski definition) is 4. The molecular formula is C20H19NO5S. The fraction of sp³-hybridized carbons (Fsp3) is 0.250. The van der Waals surface area contributed by atoms with Gasteiger partial charge in [-0.05, 0) is 24.3 Å². The monoisotopic (exact) mass is 385 g/mol. The van der Waals surface area contributed by atoms with Crippen LogP contribution in [-0.2, 0) is 9.59 Å². The van der Waals surface area contributed by atoms with Crippen LogP contribution in [-0.4, -0.2) is 50.8 Å². The van der Waals surface area contributed by atoms with Crippen molar-refractivity contribution in [2.45, 2.75) is 22.6 Å². The zero-order chi connectivity index (χ0) is 19.4. The number of amides is 1. The summed E-state index contributed by atoms with van der Waals surface area (Å²) in [5, 5.41) is 18.7. The molecule has 1 amide bonds. The number of carbonyl (C=O) groups is 3. The molecule has 27 heavy (non-hydrogen) atoms. The number of benzene rings is 2. The van der Waals surface area contributed by atoms with Crippen LogP contribution in [0.4, 0.5) is 0 Å². The number of hydrogen-bond donors (Lipinski definition) is 2. The van der Waals surface area contributed by atoms with Crippen molar-refractivity contribution in [3.05, 3.63) is 66.2 Å². The molecule has 1 heterocycles. The zero-order valence-corrected chi connectivity index (χ0v) is 15.2. The van der Waals surface area contributed by atoms with Gasteiger partial charge in [0.15, 0.2) is 0 Å². The summed E-state index contributed by atoms with van der Waals surface area (Å²) >= 11 is 1.42. The van der Waals surface area contributed by atoms with Crippen LogP contribution in [0.5, 0.6) is 0 Å². The summed E-state index contributed by atoms with van der Waals surface area (Å²) in [6.45, 7) is 0.183. The Balaban J connectivity index is 1.92. The van der Waals surface area contributed by atoms with Crippen molar-refractivity contribution in [2.24, 2.45) is 5.92 Å². The van der Waals surface area contributed by atoms with Crippen LogP contribution in [0.3, 0.4) is 0 Å². The molecule has 7 heteroatoms. The van der Waals surface area contributed by atoms with E-state index in [1.165, 1.54) is 16.7 Å². The van der Waals surface area contributed by atoms with Crippen molar-refractivity contribution in [3.8, 4) is 0 Å². The van der Waals surface area contributed by atoms with Crippen LogP contribution in [0, 0.1) is 5.92 Å². The molecule has 1 fully saturated rings. The molecule has 1 saturated heterocycles. The number of thioether (sulfide) groups is 1. The predicted octanol–water partition coefficient (Wildman–Crippen LogP) is 2.85. The smallest absolute Gasteiger partial charge is 0.326 e. The molecule has 2 aromatic carbocycles. The molecule has 3 atom stereocenters. The highest BCUT2D eigenvalue weighted by Crippen LogP contribution is 2.39. The van der Waals surface area contributed by atoms with Crippen LogP contribution < -0.4 is 0 Å². The Morgan fingerprint density at radius 3 is 2.11 bits per heavy atom. The number of carboxylic acids is 2. The first-order chi connectivity index (χ1) is 13.0. The molecule has 0 bridgehead atoms. The Bertz CT molecular complexity index is 827. The lowest BCUT2D eigenvalue weighted by Gasteiger charge is -2.24. The first kappa shape index (κ1) is 19.0. The second-order valence-electron chi connectivity index (χ2n) is 6.34. The fourth-order valence-electron chi connectivity index (χ4n) is 3.39. The molecule has 0 radical (unpaired) electrons. The van der Waals surface area contributed by atoms with Gasteiger partial charge in [-0.25, -0.2) is 4.79 Å². The summed E-state index contributed by atoms with van der Waals surface area (Å²) in [6.07, 6.45) is -0.306. The standard InChI is InChI=1S/C20H19NO5S/c22-17(23)11-15-16(27-14-9-5-2-6-10-14)12-21(18(15)20(25)26)19(24)13-7-3-1-4-8-13/h1-10,15-16,18H,11-12H2,(H,22,23)(H,25,26)/t15-,16-,18-/m0/s1. The summed E-state index contributed by atoms with van der Waals surface area (Å²) in [5.41, 5.74) is 0.392. The molecule has 6 nitrogen and oxygen atoms in total. The van der Waals surface area contributed by atoms with Crippen LogP contribution in [0.1, 0.15) is 16.8 Å². The number of nitrogens with zero attached hydrogens (tertiary/aromatic N) is 1. The molecule has 140 valence electrons. The van der Waals surface area contributed by atoms with E-state index >= 15 is 0 Å². The zero-order valence-electron chi connectivity index (χ0n) is 14.4. The number of carbonyl (C=O) groups excluding carboxylic acids is 1. The highest BCUT2D eigenvalue weighted by molar-refractivity contribution is 8.00. The molecule has 3 rings (SSSR count). The van der Waals surface area contributed by atoms with Crippen LogP contribution >= 0.6 is 11.8 Å². The number of aliphatic carboxylic acids is 2. The lowest BCUT2D eigenvalue weighted by Crippen LogP contribution is -2.43.